The van der Waals surface area contributed by atoms with Crippen LogP contribution in [-0.2, 0) is 4.79 Å². The van der Waals surface area contributed by atoms with Crippen molar-refractivity contribution in [1.29, 1.82) is 0 Å². The molecule has 1 aromatic heterocycles. The van der Waals surface area contributed by atoms with Crippen molar-refractivity contribution in [2.45, 2.75) is 31.7 Å². The normalized spacial score (nSPS) is 17.1. The topological polar surface area (TPSA) is 85.2 Å². The van der Waals surface area contributed by atoms with Crippen LogP contribution in [-0.4, -0.2) is 40.1 Å². The zero-order valence-corrected chi connectivity index (χ0v) is 14.0. The van der Waals surface area contributed by atoms with E-state index in [-0.39, 0.29) is 22.6 Å². The first-order valence-corrected chi connectivity index (χ1v) is 8.18. The summed E-state index contributed by atoms with van der Waals surface area (Å²) in [6.45, 7) is 3.24. The SMILES string of the molecule is C[C@H](c1nc(-c2ccc(F)cc2Cl)no1)[C@H](N)C(=O)N1CCCC1. The maximum Gasteiger partial charge on any atom is 0.240 e. The van der Waals surface area contributed by atoms with E-state index < -0.39 is 17.8 Å². The Labute approximate surface area is 143 Å². The lowest BCUT2D eigenvalue weighted by molar-refractivity contribution is -0.132. The van der Waals surface area contributed by atoms with E-state index in [2.05, 4.69) is 10.1 Å². The van der Waals surface area contributed by atoms with Crippen LogP contribution < -0.4 is 5.73 Å². The predicted octanol–water partition coefficient (Wildman–Crippen LogP) is 2.58. The zero-order chi connectivity index (χ0) is 17.3. The molecule has 0 spiro atoms. The van der Waals surface area contributed by atoms with Gasteiger partial charge in [0.15, 0.2) is 0 Å². The minimum absolute atomic E-state index is 0.112. The van der Waals surface area contributed by atoms with Crippen molar-refractivity contribution in [1.82, 2.24) is 15.0 Å². The molecular formula is C16H18ClFN4O2. The quantitative estimate of drug-likeness (QED) is 0.914. The van der Waals surface area contributed by atoms with Crippen LogP contribution in [0.2, 0.25) is 5.02 Å². The number of benzene rings is 1. The van der Waals surface area contributed by atoms with Gasteiger partial charge in [-0.25, -0.2) is 4.39 Å². The summed E-state index contributed by atoms with van der Waals surface area (Å²) >= 11 is 6.00. The van der Waals surface area contributed by atoms with E-state index in [1.54, 1.807) is 11.8 Å². The van der Waals surface area contributed by atoms with Gasteiger partial charge in [-0.15, -0.1) is 0 Å². The highest BCUT2D eigenvalue weighted by Gasteiger charge is 2.31. The molecule has 2 atom stereocenters. The van der Waals surface area contributed by atoms with Crippen molar-refractivity contribution < 1.29 is 13.7 Å². The minimum atomic E-state index is -0.750. The third kappa shape index (κ3) is 3.27. The highest BCUT2D eigenvalue weighted by molar-refractivity contribution is 6.33. The van der Waals surface area contributed by atoms with E-state index in [4.69, 9.17) is 21.9 Å². The molecule has 2 aromatic rings. The van der Waals surface area contributed by atoms with E-state index in [1.807, 2.05) is 0 Å². The van der Waals surface area contributed by atoms with Crippen LogP contribution in [0, 0.1) is 5.82 Å². The molecule has 1 aliphatic rings. The molecule has 0 unspecified atom stereocenters. The molecule has 128 valence electrons. The average molecular weight is 353 g/mol. The van der Waals surface area contributed by atoms with Gasteiger partial charge in [0.2, 0.25) is 17.6 Å². The fourth-order valence-corrected chi connectivity index (χ4v) is 2.97. The molecule has 0 aliphatic carbocycles. The van der Waals surface area contributed by atoms with Crippen molar-refractivity contribution in [3.63, 3.8) is 0 Å². The van der Waals surface area contributed by atoms with Crippen molar-refractivity contribution in [2.75, 3.05) is 13.1 Å². The number of nitrogens with zero attached hydrogens (tertiary/aromatic N) is 3. The highest BCUT2D eigenvalue weighted by atomic mass is 35.5. The summed E-state index contributed by atoms with van der Waals surface area (Å²) in [5.74, 6) is -0.495. The lowest BCUT2D eigenvalue weighted by atomic mass is 10.0. The maximum atomic E-state index is 13.1. The first kappa shape index (κ1) is 16.9. The molecule has 6 nitrogen and oxygen atoms in total. The lowest BCUT2D eigenvalue weighted by Crippen LogP contribution is -2.45. The van der Waals surface area contributed by atoms with Crippen molar-refractivity contribution in [3.05, 3.63) is 34.9 Å². The van der Waals surface area contributed by atoms with Crippen molar-refractivity contribution in [2.24, 2.45) is 5.73 Å². The number of rotatable bonds is 4. The first-order chi connectivity index (χ1) is 11.5. The number of amides is 1. The van der Waals surface area contributed by atoms with E-state index in [0.717, 1.165) is 25.9 Å². The molecule has 0 saturated carbocycles. The highest BCUT2D eigenvalue weighted by Crippen LogP contribution is 2.28. The molecule has 2 N–H and O–H groups in total. The Hall–Kier alpha value is -1.99. The van der Waals surface area contributed by atoms with Gasteiger partial charge in [-0.3, -0.25) is 4.79 Å². The van der Waals surface area contributed by atoms with Crippen molar-refractivity contribution in [3.8, 4) is 11.4 Å². The fourth-order valence-electron chi connectivity index (χ4n) is 2.72. The van der Waals surface area contributed by atoms with Crippen LogP contribution in [0.4, 0.5) is 4.39 Å². The second-order valence-corrected chi connectivity index (χ2v) is 6.33. The Morgan fingerprint density at radius 3 is 2.79 bits per heavy atom. The molecule has 8 heteroatoms. The fraction of sp³-hybridized carbons (Fsp3) is 0.438. The standard InChI is InChI=1S/C16H18ClFN4O2/c1-9(13(19)16(23)22-6-2-3-7-22)15-20-14(21-24-15)11-5-4-10(18)8-12(11)17/h4-5,8-9,13H,2-3,6-7,19H2,1H3/t9-,13-/m0/s1. The maximum absolute atomic E-state index is 13.1. The third-order valence-electron chi connectivity index (χ3n) is 4.24. The number of carbonyl (C=O) groups is 1. The van der Waals surface area contributed by atoms with Gasteiger partial charge in [0.05, 0.1) is 17.0 Å². The second-order valence-electron chi connectivity index (χ2n) is 5.93. The molecular weight excluding hydrogens is 335 g/mol. The number of likely N-dealkylation sites (tertiary alicyclic amines) is 1. The average Bonchev–Trinajstić information content (AvgIpc) is 3.24. The van der Waals surface area contributed by atoms with Crippen LogP contribution in [0.15, 0.2) is 22.7 Å². The number of hydrogen-bond donors (Lipinski definition) is 1. The Kier molecular flexibility index (Phi) is 4.82. The molecule has 1 aromatic carbocycles. The van der Waals surface area contributed by atoms with Gasteiger partial charge in [-0.2, -0.15) is 4.98 Å². The smallest absolute Gasteiger partial charge is 0.240 e. The van der Waals surface area contributed by atoms with Gasteiger partial charge in [-0.1, -0.05) is 23.7 Å². The predicted molar refractivity (Wildman–Crippen MR) is 86.9 cm³/mol. The Morgan fingerprint density at radius 1 is 1.42 bits per heavy atom. The molecule has 24 heavy (non-hydrogen) atoms. The molecule has 1 amide bonds. The number of nitrogens with two attached hydrogens (primary N) is 1. The van der Waals surface area contributed by atoms with Gasteiger partial charge in [0, 0.05) is 18.7 Å². The van der Waals surface area contributed by atoms with Crippen LogP contribution in [0.25, 0.3) is 11.4 Å². The largest absolute Gasteiger partial charge is 0.341 e. The summed E-state index contributed by atoms with van der Waals surface area (Å²) in [6, 6.07) is 3.18. The monoisotopic (exact) mass is 352 g/mol. The lowest BCUT2D eigenvalue weighted by Gasteiger charge is -2.22. The molecule has 1 saturated heterocycles. The van der Waals surface area contributed by atoms with Crippen LogP contribution in [0.3, 0.4) is 0 Å². The summed E-state index contributed by atoms with van der Waals surface area (Å²) in [4.78, 5) is 18.4. The molecule has 1 fully saturated rings. The molecule has 0 bridgehead atoms. The van der Waals surface area contributed by atoms with E-state index in [9.17, 15) is 9.18 Å². The molecule has 0 radical (unpaired) electrons. The van der Waals surface area contributed by atoms with E-state index in [0.29, 0.717) is 5.56 Å². The van der Waals surface area contributed by atoms with Crippen LogP contribution >= 0.6 is 11.6 Å². The number of halogens is 2. The third-order valence-corrected chi connectivity index (χ3v) is 4.56. The summed E-state index contributed by atoms with van der Waals surface area (Å²) < 4.78 is 18.4. The Bertz CT molecular complexity index is 745. The second kappa shape index (κ2) is 6.86. The number of hydrogen-bond acceptors (Lipinski definition) is 5. The van der Waals surface area contributed by atoms with E-state index in [1.165, 1.54) is 18.2 Å². The molecule has 3 rings (SSSR count). The van der Waals surface area contributed by atoms with Crippen LogP contribution in [0.5, 0.6) is 0 Å². The van der Waals surface area contributed by atoms with Gasteiger partial charge in [-0.05, 0) is 31.0 Å². The summed E-state index contributed by atoms with van der Waals surface area (Å²) in [5, 5.41) is 4.05. The van der Waals surface area contributed by atoms with Gasteiger partial charge in [0.1, 0.15) is 5.82 Å². The molecule has 2 heterocycles. The number of aromatic nitrogens is 2. The van der Waals surface area contributed by atoms with Crippen molar-refractivity contribution >= 4 is 17.5 Å². The van der Waals surface area contributed by atoms with Gasteiger partial charge < -0.3 is 15.2 Å². The zero-order valence-electron chi connectivity index (χ0n) is 13.2. The molecule has 1 aliphatic heterocycles. The number of carbonyl (C=O) groups excluding carboxylic acids is 1. The van der Waals surface area contributed by atoms with Crippen LogP contribution in [0.1, 0.15) is 31.6 Å². The Balaban J connectivity index is 1.77. The first-order valence-electron chi connectivity index (χ1n) is 7.81. The summed E-state index contributed by atoms with van der Waals surface area (Å²) in [6.07, 6.45) is 2.00. The van der Waals surface area contributed by atoms with Gasteiger partial charge in [0.25, 0.3) is 0 Å². The summed E-state index contributed by atoms with van der Waals surface area (Å²) in [5.41, 5.74) is 6.53. The Morgan fingerprint density at radius 2 is 2.12 bits per heavy atom. The summed E-state index contributed by atoms with van der Waals surface area (Å²) in [7, 11) is 0. The minimum Gasteiger partial charge on any atom is -0.341 e. The van der Waals surface area contributed by atoms with E-state index >= 15 is 0 Å². The van der Waals surface area contributed by atoms with Gasteiger partial charge >= 0.3 is 0 Å².